The van der Waals surface area contributed by atoms with E-state index in [4.69, 9.17) is 46.8 Å². The number of aliphatic hydroxyl groups is 1. The molecule has 3 rings (SSSR count). The van der Waals surface area contributed by atoms with Crippen molar-refractivity contribution in [3.8, 4) is 0 Å². The first-order valence-electron chi connectivity index (χ1n) is 22.7. The van der Waals surface area contributed by atoms with Crippen LogP contribution in [0.4, 0.5) is 0 Å². The molecule has 3 aliphatic rings. The van der Waals surface area contributed by atoms with Gasteiger partial charge in [0.15, 0.2) is 18.7 Å². The van der Waals surface area contributed by atoms with Gasteiger partial charge in [-0.2, -0.15) is 8.42 Å². The van der Waals surface area contributed by atoms with E-state index in [0.717, 1.165) is 6.26 Å². The number of methoxy groups -OCH3 is 1. The van der Waals surface area contributed by atoms with Gasteiger partial charge in [-0.3, -0.25) is 28.3 Å². The van der Waals surface area contributed by atoms with Crippen molar-refractivity contribution in [2.75, 3.05) is 41.1 Å². The van der Waals surface area contributed by atoms with Crippen molar-refractivity contribution >= 4 is 34.0 Å². The van der Waals surface area contributed by atoms with Crippen LogP contribution in [0.15, 0.2) is 0 Å². The van der Waals surface area contributed by atoms with E-state index < -0.39 is 136 Å². The Labute approximate surface area is 387 Å². The van der Waals surface area contributed by atoms with Gasteiger partial charge >= 0.3 is 23.9 Å². The monoisotopic (exact) mass is 953 g/mol. The maximum Gasteiger partial charge on any atom is 0.311 e. The van der Waals surface area contributed by atoms with Crippen LogP contribution in [0.3, 0.4) is 0 Å². The number of carbonyl (C=O) groups excluding carboxylic acids is 4. The average molecular weight is 953 g/mol. The number of hydrogen-bond donors (Lipinski definition) is 1. The number of nitrogens with zero attached hydrogens (tertiary/aromatic N) is 2. The number of likely N-dealkylation sites (N-methyl/N-ethyl adjacent to an activating group) is 2. The molecule has 0 saturated carbocycles. The molecule has 0 spiro atoms. The fourth-order valence-electron chi connectivity index (χ4n) is 10.2. The third kappa shape index (κ3) is 14.5. The van der Waals surface area contributed by atoms with Gasteiger partial charge in [0, 0.05) is 58.8 Å². The second-order valence-electron chi connectivity index (χ2n) is 19.7. The number of ether oxygens (including phenoxy) is 9. The van der Waals surface area contributed by atoms with E-state index in [1.807, 2.05) is 23.6 Å². The van der Waals surface area contributed by atoms with E-state index in [9.17, 15) is 32.7 Å². The van der Waals surface area contributed by atoms with Crippen LogP contribution in [0, 0.1) is 17.8 Å². The predicted octanol–water partition coefficient (Wildman–Crippen LogP) is 3.60. The van der Waals surface area contributed by atoms with Gasteiger partial charge in [0.1, 0.15) is 41.2 Å². The zero-order valence-electron chi connectivity index (χ0n) is 42.0. The van der Waals surface area contributed by atoms with E-state index >= 15 is 0 Å². The third-order valence-corrected chi connectivity index (χ3v) is 13.9. The minimum absolute atomic E-state index is 0.0270. The van der Waals surface area contributed by atoms with Gasteiger partial charge in [0.2, 0.25) is 0 Å². The molecule has 0 amide bonds. The van der Waals surface area contributed by atoms with Crippen molar-refractivity contribution in [3.05, 3.63) is 0 Å². The highest BCUT2D eigenvalue weighted by molar-refractivity contribution is 7.86. The lowest BCUT2D eigenvalue weighted by Gasteiger charge is -2.50. The minimum atomic E-state index is -4.09. The van der Waals surface area contributed by atoms with Crippen molar-refractivity contribution in [2.24, 2.45) is 17.8 Å². The molecule has 18 atom stereocenters. The van der Waals surface area contributed by atoms with Crippen LogP contribution in [-0.2, 0) is 76.1 Å². The molecule has 20 heteroatoms. The van der Waals surface area contributed by atoms with Gasteiger partial charge in [-0.25, -0.2) is 0 Å². The molecule has 378 valence electrons. The van der Waals surface area contributed by atoms with E-state index in [0.29, 0.717) is 13.0 Å². The summed E-state index contributed by atoms with van der Waals surface area (Å²) in [5.74, 6) is -5.05. The Balaban J connectivity index is 2.39. The van der Waals surface area contributed by atoms with Crippen LogP contribution in [0.1, 0.15) is 116 Å². The zero-order valence-corrected chi connectivity index (χ0v) is 42.8. The first-order chi connectivity index (χ1) is 29.8. The van der Waals surface area contributed by atoms with Crippen LogP contribution in [0.25, 0.3) is 0 Å². The standard InChI is InChI=1S/C45H80N2O17S/c1-19-34-45(13,52)39(58-30(8)48)28(6)47(16)23-24(2)21-44(12,63-32(10)50)38(62-42-37(64-65(18,53)54)33(46(14)15)20-25(3)56-42)26(4)36(27(5)41(51)60-34)61-35-22-43(11,55-17)40(29(7)57-35)59-31(9)49/h24-29,33-40,42,52H,19-23H2,1-18H3/t24-,25-,26+,27-,28-,29+,33?,34-,35+,36+,37-,38-,39-,40+,42+,43-,44-,45-/m1/s1. The van der Waals surface area contributed by atoms with Gasteiger partial charge in [-0.1, -0.05) is 20.8 Å². The SMILES string of the molecule is CC[C@H]1OC(=O)[C@H](C)[C@@H](O[C@H]2C[C@@](C)(OC)[C@@H](OC(C)=O)[C@H](C)O2)[C@H](C)[C@@H](O[C@@H]2O[C@H](C)CC(N(C)C)[C@H]2OS(C)(=O)=O)[C@](C)(OC(C)=O)C[C@@H](C)CN(C)[C@H](C)[C@@H](OC(C)=O)[C@]1(C)O. The van der Waals surface area contributed by atoms with Crippen molar-refractivity contribution in [3.63, 3.8) is 0 Å². The Kier molecular flexibility index (Phi) is 19.8. The predicted molar refractivity (Wildman–Crippen MR) is 237 cm³/mol. The number of carbonyl (C=O) groups is 4. The second kappa shape index (κ2) is 22.7. The Morgan fingerprint density at radius 3 is 1.95 bits per heavy atom. The highest BCUT2D eigenvalue weighted by atomic mass is 32.2. The Morgan fingerprint density at radius 2 is 1.45 bits per heavy atom. The molecular formula is C45H80N2O17S. The third-order valence-electron chi connectivity index (χ3n) is 13.3. The summed E-state index contributed by atoms with van der Waals surface area (Å²) in [7, 11) is 2.79. The normalized spacial score (nSPS) is 42.0. The average Bonchev–Trinajstić information content (AvgIpc) is 3.16. The van der Waals surface area contributed by atoms with Crippen LogP contribution in [0.5, 0.6) is 0 Å². The minimum Gasteiger partial charge on any atom is -0.459 e. The van der Waals surface area contributed by atoms with E-state index in [2.05, 4.69) is 0 Å². The summed E-state index contributed by atoms with van der Waals surface area (Å²) in [6, 6.07) is -1.14. The molecule has 0 aromatic heterocycles. The van der Waals surface area contributed by atoms with E-state index in [-0.39, 0.29) is 25.2 Å². The Morgan fingerprint density at radius 1 is 0.862 bits per heavy atom. The lowest BCUT2D eigenvalue weighted by Crippen LogP contribution is -2.62. The summed E-state index contributed by atoms with van der Waals surface area (Å²) in [6.45, 7) is 21.4. The molecular weight excluding hydrogens is 873 g/mol. The number of hydrogen-bond acceptors (Lipinski definition) is 19. The van der Waals surface area contributed by atoms with Crippen LogP contribution in [-0.4, -0.2) is 179 Å². The molecule has 19 nitrogen and oxygen atoms in total. The van der Waals surface area contributed by atoms with Gasteiger partial charge in [0.25, 0.3) is 10.1 Å². The van der Waals surface area contributed by atoms with Crippen LogP contribution < -0.4 is 0 Å². The molecule has 65 heavy (non-hydrogen) atoms. The summed E-state index contributed by atoms with van der Waals surface area (Å²) >= 11 is 0. The van der Waals surface area contributed by atoms with Gasteiger partial charge in [-0.05, 0) is 94.8 Å². The summed E-state index contributed by atoms with van der Waals surface area (Å²) < 4.78 is 88.3. The van der Waals surface area contributed by atoms with Crippen molar-refractivity contribution in [1.29, 1.82) is 0 Å². The van der Waals surface area contributed by atoms with Crippen LogP contribution in [0.2, 0.25) is 0 Å². The lowest BCUT2D eigenvalue weighted by atomic mass is 9.77. The molecule has 3 fully saturated rings. The largest absolute Gasteiger partial charge is 0.459 e. The van der Waals surface area contributed by atoms with Crippen molar-refractivity contribution in [1.82, 2.24) is 9.80 Å². The van der Waals surface area contributed by atoms with Crippen LogP contribution >= 0.6 is 0 Å². The highest BCUT2D eigenvalue weighted by Crippen LogP contribution is 2.42. The summed E-state index contributed by atoms with van der Waals surface area (Å²) in [5, 5.41) is 12.3. The fraction of sp³-hybridized carbons (Fsp3) is 0.911. The summed E-state index contributed by atoms with van der Waals surface area (Å²) in [4.78, 5) is 56.6. The molecule has 0 aromatic rings. The molecule has 0 aromatic carbocycles. The quantitative estimate of drug-likeness (QED) is 0.168. The highest BCUT2D eigenvalue weighted by Gasteiger charge is 2.55. The first kappa shape index (κ1) is 56.8. The lowest BCUT2D eigenvalue weighted by molar-refractivity contribution is -0.317. The molecule has 1 N–H and O–H groups in total. The smallest absolute Gasteiger partial charge is 0.311 e. The molecule has 3 saturated heterocycles. The maximum atomic E-state index is 14.8. The van der Waals surface area contributed by atoms with Gasteiger partial charge in [0.05, 0.1) is 30.5 Å². The van der Waals surface area contributed by atoms with Crippen molar-refractivity contribution < 1.29 is 79.5 Å². The van der Waals surface area contributed by atoms with Crippen molar-refractivity contribution in [2.45, 2.75) is 206 Å². The zero-order chi connectivity index (χ0) is 49.7. The van der Waals surface area contributed by atoms with E-state index in [1.54, 1.807) is 69.6 Å². The maximum absolute atomic E-state index is 14.8. The van der Waals surface area contributed by atoms with E-state index in [1.165, 1.54) is 34.8 Å². The fourth-order valence-corrected chi connectivity index (χ4v) is 10.8. The summed E-state index contributed by atoms with van der Waals surface area (Å²) in [5.41, 5.74) is -4.57. The molecule has 0 radical (unpaired) electrons. The Bertz CT molecular complexity index is 1730. The number of cyclic esters (lactones) is 1. The topological polar surface area (TPSA) is 221 Å². The summed E-state index contributed by atoms with van der Waals surface area (Å²) in [6.07, 6.45) is -8.84. The molecule has 1 unspecified atom stereocenters. The van der Waals surface area contributed by atoms with Gasteiger partial charge < -0.3 is 52.6 Å². The molecule has 0 bridgehead atoms. The number of rotatable bonds is 12. The molecule has 3 heterocycles. The molecule has 3 aliphatic heterocycles. The Hall–Kier alpha value is -2.53. The molecule has 0 aliphatic carbocycles. The second-order valence-corrected chi connectivity index (χ2v) is 21.3. The first-order valence-corrected chi connectivity index (χ1v) is 24.5. The van der Waals surface area contributed by atoms with Gasteiger partial charge in [-0.15, -0.1) is 0 Å². The number of esters is 4.